The number of benzene rings is 1. The monoisotopic (exact) mass is 416 g/mol. The second kappa shape index (κ2) is 7.99. The molecule has 0 spiro atoms. The number of anilines is 1. The van der Waals surface area contributed by atoms with Crippen LogP contribution < -0.4 is 10.0 Å². The van der Waals surface area contributed by atoms with Crippen molar-refractivity contribution in [1.29, 1.82) is 0 Å². The number of halogens is 2. The maximum atomic E-state index is 13.4. The molecule has 27 heavy (non-hydrogen) atoms. The molecule has 0 saturated carbocycles. The number of aromatic nitrogens is 1. The summed E-state index contributed by atoms with van der Waals surface area (Å²) < 4.78 is 48.2. The van der Waals surface area contributed by atoms with E-state index in [1.165, 1.54) is 13.1 Å². The van der Waals surface area contributed by atoms with Crippen LogP contribution in [0.1, 0.15) is 29.4 Å². The fourth-order valence-corrected chi connectivity index (χ4v) is 5.02. The van der Waals surface area contributed by atoms with Gasteiger partial charge in [-0.25, -0.2) is 22.1 Å². The second-order valence-corrected chi connectivity index (χ2v) is 8.37. The van der Waals surface area contributed by atoms with Crippen LogP contribution in [-0.4, -0.2) is 27.8 Å². The lowest BCUT2D eigenvalue weighted by Crippen LogP contribution is -2.30. The summed E-state index contributed by atoms with van der Waals surface area (Å²) in [6, 6.07) is 3.13. The third kappa shape index (κ3) is 4.02. The first-order chi connectivity index (χ1) is 12.2. The van der Waals surface area contributed by atoms with Crippen molar-refractivity contribution in [3.05, 3.63) is 47.3 Å². The van der Waals surface area contributed by atoms with E-state index in [-0.39, 0.29) is 25.2 Å². The van der Waals surface area contributed by atoms with Crippen molar-refractivity contribution < 1.29 is 17.8 Å². The van der Waals surface area contributed by atoms with Crippen molar-refractivity contribution in [2.45, 2.75) is 30.7 Å². The van der Waals surface area contributed by atoms with E-state index < -0.39 is 27.5 Å². The Balaban J connectivity index is 0.00000261. The largest absolute Gasteiger partial charge is 0.345 e. The molecule has 1 unspecified atom stereocenters. The third-order valence-electron chi connectivity index (χ3n) is 4.38. The molecular formula is C17H22F2N4O2S2. The van der Waals surface area contributed by atoms with Gasteiger partial charge in [-0.15, -0.1) is 0 Å². The van der Waals surface area contributed by atoms with Crippen LogP contribution in [0.3, 0.4) is 0 Å². The Morgan fingerprint density at radius 3 is 2.70 bits per heavy atom. The van der Waals surface area contributed by atoms with Crippen LogP contribution in [0.15, 0.2) is 33.7 Å². The van der Waals surface area contributed by atoms with Crippen LogP contribution in [0.4, 0.5) is 14.5 Å². The van der Waals surface area contributed by atoms with E-state index >= 15 is 0 Å². The fraction of sp³-hybridized carbons (Fsp3) is 0.353. The molecule has 1 aromatic carbocycles. The summed E-state index contributed by atoms with van der Waals surface area (Å²) in [5, 5.41) is 2.57. The van der Waals surface area contributed by atoms with Crippen molar-refractivity contribution >= 4 is 35.0 Å². The molecule has 0 aliphatic carbocycles. The molecule has 0 fully saturated rings. The number of aryl methyl sites for hydroxylation is 1. The number of amides is 1. The SMILES string of the molecule is CN=S1(=O)N[C@@H](C)CCc2c1cn(C)c2C(=O)Nc1ccc(F)c(F)c1.S. The average molecular weight is 417 g/mol. The summed E-state index contributed by atoms with van der Waals surface area (Å²) >= 11 is 0. The zero-order chi connectivity index (χ0) is 19.1. The Kier molecular flexibility index (Phi) is 6.33. The summed E-state index contributed by atoms with van der Waals surface area (Å²) in [7, 11) is 0.323. The highest BCUT2D eigenvalue weighted by atomic mass is 32.2. The standard InChI is InChI=1S/C17H20F2N4O2S.H2S/c1-10-4-6-12-15(26(25,20-2)22-10)9-23(3)16(12)17(24)21-11-5-7-13(18)14(19)8-11;/h5,7-10H,4,6H2,1-3H3,(H,21,24)(H,20,22,25);1H2/t10-,26?;/m0./s1. The molecule has 1 aliphatic rings. The number of nitrogens with zero attached hydrogens (tertiary/aromatic N) is 2. The van der Waals surface area contributed by atoms with Gasteiger partial charge in [-0.2, -0.15) is 13.5 Å². The van der Waals surface area contributed by atoms with Gasteiger partial charge in [0.15, 0.2) is 11.6 Å². The molecule has 10 heteroatoms. The molecule has 148 valence electrons. The highest BCUT2D eigenvalue weighted by Crippen LogP contribution is 2.29. The lowest BCUT2D eigenvalue weighted by molar-refractivity contribution is 0.101. The predicted molar refractivity (Wildman–Crippen MR) is 106 cm³/mol. The summed E-state index contributed by atoms with van der Waals surface area (Å²) in [5.41, 5.74) is 1.13. The quantitative estimate of drug-likeness (QED) is 0.790. The third-order valence-corrected chi connectivity index (χ3v) is 6.57. The molecule has 1 aromatic heterocycles. The van der Waals surface area contributed by atoms with Gasteiger partial charge in [0.05, 0.1) is 4.90 Å². The van der Waals surface area contributed by atoms with Gasteiger partial charge in [0.1, 0.15) is 15.6 Å². The maximum Gasteiger partial charge on any atom is 0.272 e. The van der Waals surface area contributed by atoms with Gasteiger partial charge < -0.3 is 9.88 Å². The number of fused-ring (bicyclic) bond motifs is 1. The maximum absolute atomic E-state index is 13.4. The van der Waals surface area contributed by atoms with Crippen LogP contribution in [-0.2, 0) is 23.4 Å². The molecule has 2 aromatic rings. The zero-order valence-electron chi connectivity index (χ0n) is 15.2. The minimum atomic E-state index is -2.83. The molecule has 2 heterocycles. The summed E-state index contributed by atoms with van der Waals surface area (Å²) in [5.74, 6) is -2.51. The normalized spacial score (nSPS) is 21.6. The van der Waals surface area contributed by atoms with Gasteiger partial charge in [-0.05, 0) is 31.9 Å². The molecule has 2 N–H and O–H groups in total. The Bertz CT molecular complexity index is 997. The van der Waals surface area contributed by atoms with Gasteiger partial charge in [0.2, 0.25) is 0 Å². The first-order valence-corrected chi connectivity index (χ1v) is 9.64. The number of carbonyl (C=O) groups excluding carboxylic acids is 1. The lowest BCUT2D eigenvalue weighted by Gasteiger charge is -2.12. The number of nitrogens with one attached hydrogen (secondary N) is 2. The number of carbonyl (C=O) groups is 1. The average Bonchev–Trinajstić information content (AvgIpc) is 2.87. The van der Waals surface area contributed by atoms with Crippen molar-refractivity contribution in [3.8, 4) is 0 Å². The topological polar surface area (TPSA) is 75.5 Å². The van der Waals surface area contributed by atoms with Gasteiger partial charge in [-0.1, -0.05) is 0 Å². The molecule has 0 radical (unpaired) electrons. The molecular weight excluding hydrogens is 394 g/mol. The van der Waals surface area contributed by atoms with Crippen molar-refractivity contribution in [2.75, 3.05) is 12.4 Å². The summed E-state index contributed by atoms with van der Waals surface area (Å²) in [4.78, 5) is 13.3. The zero-order valence-corrected chi connectivity index (χ0v) is 17.0. The number of hydrogen-bond donors (Lipinski definition) is 2. The Morgan fingerprint density at radius 2 is 2.07 bits per heavy atom. The van der Waals surface area contributed by atoms with E-state index in [0.717, 1.165) is 12.1 Å². The lowest BCUT2D eigenvalue weighted by atomic mass is 10.1. The summed E-state index contributed by atoms with van der Waals surface area (Å²) in [6.45, 7) is 1.91. The Labute approximate surface area is 164 Å². The van der Waals surface area contributed by atoms with Crippen LogP contribution in [0.25, 0.3) is 0 Å². The Hall–Kier alpha value is -1.91. The summed E-state index contributed by atoms with van der Waals surface area (Å²) in [6.07, 6.45) is 2.88. The van der Waals surface area contributed by atoms with E-state index in [4.69, 9.17) is 0 Å². The number of rotatable bonds is 2. The van der Waals surface area contributed by atoms with Gasteiger partial charge >= 0.3 is 0 Å². The second-order valence-electron chi connectivity index (χ2n) is 6.28. The molecule has 6 nitrogen and oxygen atoms in total. The molecule has 3 rings (SSSR count). The van der Waals surface area contributed by atoms with Crippen molar-refractivity contribution in [3.63, 3.8) is 0 Å². The van der Waals surface area contributed by atoms with Gasteiger partial charge in [0, 0.05) is 43.7 Å². The molecule has 0 bridgehead atoms. The predicted octanol–water partition coefficient (Wildman–Crippen LogP) is 2.96. The van der Waals surface area contributed by atoms with E-state index in [2.05, 4.69) is 14.4 Å². The van der Waals surface area contributed by atoms with E-state index in [9.17, 15) is 17.8 Å². The fourth-order valence-electron chi connectivity index (χ4n) is 3.10. The van der Waals surface area contributed by atoms with E-state index in [1.807, 2.05) is 6.92 Å². The highest BCUT2D eigenvalue weighted by Gasteiger charge is 2.30. The van der Waals surface area contributed by atoms with Crippen molar-refractivity contribution in [2.24, 2.45) is 11.4 Å². The first-order valence-electron chi connectivity index (χ1n) is 8.12. The van der Waals surface area contributed by atoms with Crippen LogP contribution >= 0.6 is 13.5 Å². The first kappa shape index (κ1) is 21.4. The molecule has 2 atom stereocenters. The smallest absolute Gasteiger partial charge is 0.272 e. The van der Waals surface area contributed by atoms with E-state index in [0.29, 0.717) is 29.0 Å². The van der Waals surface area contributed by atoms with Gasteiger partial charge in [0.25, 0.3) is 5.91 Å². The van der Waals surface area contributed by atoms with Gasteiger partial charge in [-0.3, -0.25) is 4.79 Å². The minimum absolute atomic E-state index is 0. The van der Waals surface area contributed by atoms with Crippen LogP contribution in [0.5, 0.6) is 0 Å². The highest BCUT2D eigenvalue weighted by molar-refractivity contribution is 7.91. The Morgan fingerprint density at radius 1 is 1.37 bits per heavy atom. The number of hydrogen-bond acceptors (Lipinski definition) is 3. The van der Waals surface area contributed by atoms with E-state index in [1.54, 1.807) is 17.8 Å². The van der Waals surface area contributed by atoms with Crippen LogP contribution in [0.2, 0.25) is 0 Å². The van der Waals surface area contributed by atoms with Crippen LogP contribution in [0, 0.1) is 11.6 Å². The van der Waals surface area contributed by atoms with Crippen molar-refractivity contribution in [1.82, 2.24) is 9.29 Å². The molecule has 1 aliphatic heterocycles. The molecule has 0 saturated heterocycles. The minimum Gasteiger partial charge on any atom is -0.345 e. The molecule has 1 amide bonds.